The minimum absolute atomic E-state index is 0.323. The molecular formula is C21H27N3O7. The van der Waals surface area contributed by atoms with Gasteiger partial charge in [-0.05, 0) is 50.5 Å². The van der Waals surface area contributed by atoms with E-state index in [1.165, 1.54) is 18.9 Å². The number of nitrogens with one attached hydrogen (secondary N) is 2. The van der Waals surface area contributed by atoms with Gasteiger partial charge >= 0.3 is 5.97 Å². The fraction of sp³-hybridized carbons (Fsp3) is 0.476. The third-order valence-electron chi connectivity index (χ3n) is 5.10. The van der Waals surface area contributed by atoms with Gasteiger partial charge in [0.05, 0.1) is 19.6 Å². The number of methoxy groups -OCH3 is 1. The van der Waals surface area contributed by atoms with Gasteiger partial charge in [-0.15, -0.1) is 0 Å². The van der Waals surface area contributed by atoms with E-state index >= 15 is 0 Å². The zero-order valence-electron chi connectivity index (χ0n) is 17.7. The minimum atomic E-state index is -1.22. The number of aldehydes is 1. The highest BCUT2D eigenvalue weighted by Gasteiger charge is 2.37. The molecule has 2 rings (SSSR count). The van der Waals surface area contributed by atoms with E-state index in [-0.39, 0.29) is 0 Å². The molecular weight excluding hydrogens is 406 g/mol. The molecule has 0 spiro atoms. The van der Waals surface area contributed by atoms with Crippen molar-refractivity contribution in [2.45, 2.75) is 51.2 Å². The Bertz CT molecular complexity index is 871. The Labute approximate surface area is 179 Å². The molecule has 1 saturated heterocycles. The second-order valence-electron chi connectivity index (χ2n) is 7.42. The summed E-state index contributed by atoms with van der Waals surface area (Å²) in [5.74, 6) is -2.04. The van der Waals surface area contributed by atoms with Crippen LogP contribution in [0.3, 0.4) is 0 Å². The summed E-state index contributed by atoms with van der Waals surface area (Å²) >= 11 is 0. The molecule has 3 amide bonds. The summed E-state index contributed by atoms with van der Waals surface area (Å²) in [5.41, 5.74) is 1.15. The zero-order valence-corrected chi connectivity index (χ0v) is 17.7. The number of benzene rings is 1. The van der Waals surface area contributed by atoms with Gasteiger partial charge in [0, 0.05) is 12.1 Å². The van der Waals surface area contributed by atoms with Gasteiger partial charge in [0.25, 0.3) is 5.91 Å². The van der Waals surface area contributed by atoms with Gasteiger partial charge in [-0.1, -0.05) is 0 Å². The van der Waals surface area contributed by atoms with E-state index in [1.54, 1.807) is 25.1 Å². The molecule has 1 aliphatic rings. The number of aryl methyl sites for hydroxylation is 1. The van der Waals surface area contributed by atoms with Crippen LogP contribution in [0, 0.1) is 6.92 Å². The van der Waals surface area contributed by atoms with Crippen molar-refractivity contribution in [3.63, 3.8) is 0 Å². The van der Waals surface area contributed by atoms with Crippen LogP contribution in [0.15, 0.2) is 18.2 Å². The van der Waals surface area contributed by atoms with E-state index in [1.807, 2.05) is 0 Å². The molecule has 1 aliphatic heterocycles. The second kappa shape index (κ2) is 10.6. The van der Waals surface area contributed by atoms with Gasteiger partial charge in [-0.2, -0.15) is 0 Å². The van der Waals surface area contributed by atoms with Crippen molar-refractivity contribution in [1.82, 2.24) is 15.5 Å². The monoisotopic (exact) mass is 433 g/mol. The highest BCUT2D eigenvalue weighted by molar-refractivity contribution is 5.98. The van der Waals surface area contributed by atoms with Crippen molar-refractivity contribution in [2.75, 3.05) is 13.7 Å². The van der Waals surface area contributed by atoms with E-state index in [0.717, 1.165) is 5.56 Å². The van der Waals surface area contributed by atoms with Crippen LogP contribution in [-0.2, 0) is 19.2 Å². The predicted octanol–water partition coefficient (Wildman–Crippen LogP) is 0.271. The molecule has 10 nitrogen and oxygen atoms in total. The number of rotatable bonds is 9. The number of hydrogen-bond acceptors (Lipinski definition) is 6. The summed E-state index contributed by atoms with van der Waals surface area (Å²) in [6.07, 6.45) is 0.776. The van der Waals surface area contributed by atoms with Crippen LogP contribution >= 0.6 is 0 Å². The Kier molecular flexibility index (Phi) is 8.12. The lowest BCUT2D eigenvalue weighted by Gasteiger charge is -2.27. The molecule has 1 heterocycles. The first-order chi connectivity index (χ1) is 14.7. The van der Waals surface area contributed by atoms with Crippen molar-refractivity contribution in [3.05, 3.63) is 29.3 Å². The highest BCUT2D eigenvalue weighted by atomic mass is 16.5. The van der Waals surface area contributed by atoms with Gasteiger partial charge in [0.1, 0.15) is 24.1 Å². The van der Waals surface area contributed by atoms with Gasteiger partial charge < -0.3 is 30.2 Å². The Balaban J connectivity index is 2.02. The fourth-order valence-corrected chi connectivity index (χ4v) is 3.51. The van der Waals surface area contributed by atoms with Crippen molar-refractivity contribution in [2.24, 2.45) is 0 Å². The van der Waals surface area contributed by atoms with E-state index in [9.17, 15) is 24.0 Å². The average molecular weight is 433 g/mol. The summed E-state index contributed by atoms with van der Waals surface area (Å²) in [6, 6.07) is 2.03. The molecule has 1 fully saturated rings. The molecule has 0 aliphatic carbocycles. The number of carboxylic acid groups (broad SMARTS) is 1. The second-order valence-corrected chi connectivity index (χ2v) is 7.42. The summed E-state index contributed by atoms with van der Waals surface area (Å²) in [5, 5.41) is 13.8. The van der Waals surface area contributed by atoms with Crippen molar-refractivity contribution in [1.29, 1.82) is 0 Å². The summed E-state index contributed by atoms with van der Waals surface area (Å²) in [7, 11) is 1.53. The van der Waals surface area contributed by atoms with E-state index in [0.29, 0.717) is 37.0 Å². The lowest BCUT2D eigenvalue weighted by Crippen LogP contribution is -2.54. The smallest absolute Gasteiger partial charge is 0.305 e. The average Bonchev–Trinajstić information content (AvgIpc) is 3.22. The van der Waals surface area contributed by atoms with Crippen molar-refractivity contribution >= 4 is 30.0 Å². The Morgan fingerprint density at radius 2 is 2.00 bits per heavy atom. The zero-order chi connectivity index (χ0) is 23.1. The Morgan fingerprint density at radius 3 is 2.58 bits per heavy atom. The number of carbonyl (C=O) groups is 5. The third kappa shape index (κ3) is 6.03. The summed E-state index contributed by atoms with van der Waals surface area (Å²) in [6.45, 7) is 3.65. The minimum Gasteiger partial charge on any atom is -0.496 e. The Morgan fingerprint density at radius 1 is 1.29 bits per heavy atom. The van der Waals surface area contributed by atoms with Crippen LogP contribution in [0.25, 0.3) is 0 Å². The first kappa shape index (κ1) is 23.8. The van der Waals surface area contributed by atoms with Crippen LogP contribution in [0.2, 0.25) is 0 Å². The maximum absolute atomic E-state index is 12.9. The standard InChI is InChI=1S/C21H27N3O7/c1-12-9-14(6-7-17(12)31-3)19(28)22-13(2)21(30)24-8-4-5-16(24)20(29)23-15(11-25)10-18(26)27/h6-7,9,11,13,15-16H,4-5,8,10H2,1-3H3,(H,22,28)(H,23,29)(H,26,27)/t13-,15-,16-/m0/s1. The number of aliphatic carboxylic acids is 1. The first-order valence-electron chi connectivity index (χ1n) is 9.91. The molecule has 3 N–H and O–H groups in total. The van der Waals surface area contributed by atoms with E-state index in [2.05, 4.69) is 10.6 Å². The number of likely N-dealkylation sites (tertiary alicyclic amines) is 1. The van der Waals surface area contributed by atoms with E-state index in [4.69, 9.17) is 9.84 Å². The number of carbonyl (C=O) groups excluding carboxylic acids is 4. The predicted molar refractivity (Wildman–Crippen MR) is 110 cm³/mol. The SMILES string of the molecule is COc1ccc(C(=O)N[C@@H](C)C(=O)N2CCC[C@H]2C(=O)N[C@H](C=O)CC(=O)O)cc1C. The van der Waals surface area contributed by atoms with Gasteiger partial charge in [0.15, 0.2) is 0 Å². The molecule has 10 heteroatoms. The van der Waals surface area contributed by atoms with Crippen LogP contribution in [0.1, 0.15) is 42.1 Å². The van der Waals surface area contributed by atoms with Gasteiger partial charge in [-0.3, -0.25) is 19.2 Å². The largest absolute Gasteiger partial charge is 0.496 e. The number of hydrogen-bond donors (Lipinski definition) is 3. The van der Waals surface area contributed by atoms with Crippen LogP contribution in [0.5, 0.6) is 5.75 Å². The number of amides is 3. The van der Waals surface area contributed by atoms with Crippen molar-refractivity contribution in [3.8, 4) is 5.75 Å². The van der Waals surface area contributed by atoms with Gasteiger partial charge in [-0.25, -0.2) is 0 Å². The topological polar surface area (TPSA) is 142 Å². The van der Waals surface area contributed by atoms with Gasteiger partial charge in [0.2, 0.25) is 11.8 Å². The molecule has 1 aromatic carbocycles. The number of ether oxygens (including phenoxy) is 1. The lowest BCUT2D eigenvalue weighted by atomic mass is 10.1. The normalized spacial score (nSPS) is 17.4. The maximum Gasteiger partial charge on any atom is 0.305 e. The molecule has 0 radical (unpaired) electrons. The molecule has 0 unspecified atom stereocenters. The Hall–Kier alpha value is -3.43. The molecule has 0 aromatic heterocycles. The first-order valence-corrected chi connectivity index (χ1v) is 9.91. The summed E-state index contributed by atoms with van der Waals surface area (Å²) in [4.78, 5) is 61.1. The van der Waals surface area contributed by atoms with Crippen LogP contribution in [-0.4, -0.2) is 71.8 Å². The molecule has 0 saturated carbocycles. The molecule has 0 bridgehead atoms. The number of carboxylic acids is 1. The van der Waals surface area contributed by atoms with Crippen LogP contribution in [0.4, 0.5) is 0 Å². The fourth-order valence-electron chi connectivity index (χ4n) is 3.51. The van der Waals surface area contributed by atoms with Crippen LogP contribution < -0.4 is 15.4 Å². The quantitative estimate of drug-likeness (QED) is 0.475. The highest BCUT2D eigenvalue weighted by Crippen LogP contribution is 2.20. The lowest BCUT2D eigenvalue weighted by molar-refractivity contribution is -0.141. The molecule has 168 valence electrons. The number of nitrogens with zero attached hydrogens (tertiary/aromatic N) is 1. The molecule has 1 aromatic rings. The summed E-state index contributed by atoms with van der Waals surface area (Å²) < 4.78 is 5.17. The third-order valence-corrected chi connectivity index (χ3v) is 5.10. The van der Waals surface area contributed by atoms with E-state index < -0.39 is 48.2 Å². The molecule has 3 atom stereocenters. The maximum atomic E-state index is 12.9. The molecule has 31 heavy (non-hydrogen) atoms. The van der Waals surface area contributed by atoms with Crippen molar-refractivity contribution < 1.29 is 33.8 Å².